The molecule has 0 bridgehead atoms. The van der Waals surface area contributed by atoms with Crippen LogP contribution >= 0.6 is 11.8 Å². The van der Waals surface area contributed by atoms with Crippen LogP contribution < -0.4 is 9.64 Å². The third kappa shape index (κ3) is 4.14. The maximum atomic E-state index is 9.89. The maximum Gasteiger partial charge on any atom is 0.188 e. The molecule has 0 saturated heterocycles. The van der Waals surface area contributed by atoms with Gasteiger partial charge < -0.3 is 14.2 Å². The summed E-state index contributed by atoms with van der Waals surface area (Å²) < 4.78 is 9.81. The van der Waals surface area contributed by atoms with Crippen molar-refractivity contribution >= 4 is 56.3 Å². The molecular weight excluding hydrogens is 721 g/mol. The third-order valence-electron chi connectivity index (χ3n) is 11.6. The number of aromatic nitrogens is 3. The Hall–Kier alpha value is -7.65. The van der Waals surface area contributed by atoms with E-state index in [9.17, 15) is 5.26 Å². The van der Waals surface area contributed by atoms with Crippen LogP contribution in [0.2, 0.25) is 0 Å². The zero-order valence-corrected chi connectivity index (χ0v) is 30.8. The summed E-state index contributed by atoms with van der Waals surface area (Å²) in [6, 6.07) is 52.1. The highest BCUT2D eigenvalue weighted by Crippen LogP contribution is 2.65. The standard InChI is InChI=1S/C49H26N6OS/c1-51-30-21-23-38-32(27-30)31-10-2-3-15-37(31)54(38)41-17-6-11-35-47(41)56-48-36(49(35)33-13-8-24-52-45(33)46-34(49)14-9-25-53-46)12-7-18-42(48)55-39-16-4-5-19-43(39)57-44-26-29(28-50)20-22-40(44)55/h2-27H. The van der Waals surface area contributed by atoms with Gasteiger partial charge in [0.2, 0.25) is 0 Å². The van der Waals surface area contributed by atoms with Crippen molar-refractivity contribution in [2.75, 3.05) is 4.90 Å². The van der Waals surface area contributed by atoms with E-state index in [1.807, 2.05) is 67.0 Å². The number of rotatable bonds is 2. The lowest BCUT2D eigenvalue weighted by atomic mass is 9.66. The first-order valence-electron chi connectivity index (χ1n) is 18.6. The molecule has 6 aromatic carbocycles. The molecule has 0 radical (unpaired) electrons. The fraction of sp³-hybridized carbons (Fsp3) is 0.0204. The van der Waals surface area contributed by atoms with Crippen LogP contribution in [0.25, 0.3) is 43.7 Å². The molecule has 0 unspecified atom stereocenters. The highest BCUT2D eigenvalue weighted by Gasteiger charge is 2.53. The Bertz CT molecular complexity index is 3270. The molecule has 0 saturated carbocycles. The van der Waals surface area contributed by atoms with E-state index in [0.717, 1.165) is 99.5 Å². The lowest BCUT2D eigenvalue weighted by molar-refractivity contribution is 0.435. The fourth-order valence-electron chi connectivity index (χ4n) is 9.35. The molecule has 12 rings (SSSR count). The first-order chi connectivity index (χ1) is 28.2. The Morgan fingerprint density at radius 3 is 2.02 bits per heavy atom. The van der Waals surface area contributed by atoms with Crippen LogP contribution in [0, 0.1) is 17.9 Å². The number of nitrogens with zero attached hydrogens (tertiary/aromatic N) is 6. The van der Waals surface area contributed by atoms with E-state index in [1.54, 1.807) is 11.8 Å². The zero-order valence-electron chi connectivity index (χ0n) is 30.0. The lowest BCUT2D eigenvalue weighted by Gasteiger charge is -2.42. The Morgan fingerprint density at radius 1 is 0.596 bits per heavy atom. The Kier molecular flexibility index (Phi) is 6.49. The Balaban J connectivity index is 1.22. The summed E-state index contributed by atoms with van der Waals surface area (Å²) in [5.74, 6) is 1.44. The highest BCUT2D eigenvalue weighted by atomic mass is 32.2. The normalized spacial score (nSPS) is 13.8. The minimum absolute atomic E-state index is 0.593. The van der Waals surface area contributed by atoms with Crippen molar-refractivity contribution in [2.45, 2.75) is 15.2 Å². The van der Waals surface area contributed by atoms with Crippen molar-refractivity contribution in [3.05, 3.63) is 197 Å². The van der Waals surface area contributed by atoms with E-state index in [-0.39, 0.29) is 0 Å². The molecule has 3 aliphatic rings. The number of hydrogen-bond donors (Lipinski definition) is 0. The lowest BCUT2D eigenvalue weighted by Crippen LogP contribution is -2.33. The van der Waals surface area contributed by atoms with Crippen molar-refractivity contribution < 1.29 is 4.74 Å². The molecule has 1 aliphatic carbocycles. The van der Waals surface area contributed by atoms with Crippen LogP contribution in [0.3, 0.4) is 0 Å². The molecule has 9 aromatic rings. The van der Waals surface area contributed by atoms with E-state index in [0.29, 0.717) is 11.3 Å². The second kappa shape index (κ2) is 11.7. The van der Waals surface area contributed by atoms with Gasteiger partial charge in [0, 0.05) is 38.7 Å². The average Bonchev–Trinajstić information content (AvgIpc) is 3.75. The van der Waals surface area contributed by atoms with Crippen LogP contribution in [0.15, 0.2) is 168 Å². The SMILES string of the molecule is [C-]#[N+]c1ccc2c(c1)c1ccccc1n2-c1cccc2c1Oc1c(N3c4ccccc4Sc4cc(C#N)ccc43)cccc1C21c2cccnc2-c2ncccc21. The van der Waals surface area contributed by atoms with Gasteiger partial charge >= 0.3 is 0 Å². The van der Waals surface area contributed by atoms with Crippen LogP contribution in [-0.4, -0.2) is 14.5 Å². The summed E-state index contributed by atoms with van der Waals surface area (Å²) in [6.45, 7) is 7.79. The first kappa shape index (κ1) is 31.7. The summed E-state index contributed by atoms with van der Waals surface area (Å²) >= 11 is 1.67. The highest BCUT2D eigenvalue weighted by molar-refractivity contribution is 7.99. The molecule has 3 aromatic heterocycles. The average molecular weight is 747 g/mol. The molecule has 0 fully saturated rings. The number of pyridine rings is 2. The number of nitriles is 1. The van der Waals surface area contributed by atoms with Gasteiger partial charge in [0.15, 0.2) is 17.2 Å². The summed E-state index contributed by atoms with van der Waals surface area (Å²) in [5, 5.41) is 12.0. The molecule has 264 valence electrons. The van der Waals surface area contributed by atoms with Gasteiger partial charge in [-0.1, -0.05) is 84.6 Å². The van der Waals surface area contributed by atoms with Gasteiger partial charge in [-0.15, -0.1) is 0 Å². The second-order valence-corrected chi connectivity index (χ2v) is 15.4. The van der Waals surface area contributed by atoms with Crippen molar-refractivity contribution in [2.24, 2.45) is 0 Å². The number of hydrogen-bond acceptors (Lipinski definition) is 6. The van der Waals surface area contributed by atoms with E-state index in [1.165, 1.54) is 0 Å². The van der Waals surface area contributed by atoms with Gasteiger partial charge in [-0.2, -0.15) is 5.26 Å². The van der Waals surface area contributed by atoms with Crippen molar-refractivity contribution in [1.82, 2.24) is 14.5 Å². The minimum atomic E-state index is -0.838. The molecule has 8 heteroatoms. The van der Waals surface area contributed by atoms with Crippen LogP contribution in [-0.2, 0) is 5.41 Å². The van der Waals surface area contributed by atoms with Crippen LogP contribution in [0.1, 0.15) is 27.8 Å². The summed E-state index contributed by atoms with van der Waals surface area (Å²) in [7, 11) is 0. The molecule has 7 nitrogen and oxygen atoms in total. The molecule has 0 N–H and O–H groups in total. The fourth-order valence-corrected chi connectivity index (χ4v) is 10.4. The van der Waals surface area contributed by atoms with Crippen molar-refractivity contribution in [3.63, 3.8) is 0 Å². The van der Waals surface area contributed by atoms with Gasteiger partial charge in [0.05, 0.1) is 68.8 Å². The van der Waals surface area contributed by atoms with E-state index >= 15 is 0 Å². The number of ether oxygens (including phenoxy) is 1. The zero-order chi connectivity index (χ0) is 37.8. The quantitative estimate of drug-likeness (QED) is 0.164. The molecule has 0 amide bonds. The van der Waals surface area contributed by atoms with Crippen molar-refractivity contribution in [1.29, 1.82) is 5.26 Å². The van der Waals surface area contributed by atoms with Gasteiger partial charge in [-0.05, 0) is 89.3 Å². The summed E-state index contributed by atoms with van der Waals surface area (Å²) in [5.41, 5.74) is 11.9. The number of benzene rings is 6. The molecule has 0 atom stereocenters. The minimum Gasteiger partial charge on any atom is -0.452 e. The maximum absolute atomic E-state index is 9.89. The van der Waals surface area contributed by atoms with E-state index in [4.69, 9.17) is 21.3 Å². The van der Waals surface area contributed by atoms with Gasteiger partial charge in [-0.25, -0.2) is 4.85 Å². The van der Waals surface area contributed by atoms with Crippen LogP contribution in [0.4, 0.5) is 22.7 Å². The smallest absolute Gasteiger partial charge is 0.188 e. The van der Waals surface area contributed by atoms with E-state index in [2.05, 4.69) is 111 Å². The molecule has 1 spiro atoms. The van der Waals surface area contributed by atoms with E-state index < -0.39 is 5.41 Å². The monoisotopic (exact) mass is 746 g/mol. The first-order valence-corrected chi connectivity index (χ1v) is 19.4. The molecule has 5 heterocycles. The number of anilines is 3. The largest absolute Gasteiger partial charge is 0.452 e. The Morgan fingerprint density at radius 2 is 1.25 bits per heavy atom. The molecule has 2 aliphatic heterocycles. The van der Waals surface area contributed by atoms with Gasteiger partial charge in [0.25, 0.3) is 0 Å². The number of para-hydroxylation sites is 4. The Labute approximate surface area is 331 Å². The predicted molar refractivity (Wildman–Crippen MR) is 224 cm³/mol. The summed E-state index contributed by atoms with van der Waals surface area (Å²) in [4.78, 5) is 18.1. The molecule has 57 heavy (non-hydrogen) atoms. The van der Waals surface area contributed by atoms with Crippen molar-refractivity contribution in [3.8, 4) is 34.6 Å². The topological polar surface area (TPSA) is 71.3 Å². The van der Waals surface area contributed by atoms with Gasteiger partial charge in [-0.3, -0.25) is 9.97 Å². The molecular formula is C49H26N6OS. The van der Waals surface area contributed by atoms with Gasteiger partial charge in [0.1, 0.15) is 0 Å². The second-order valence-electron chi connectivity index (χ2n) is 14.3. The summed E-state index contributed by atoms with van der Waals surface area (Å²) in [6.07, 6.45) is 3.68. The van der Waals surface area contributed by atoms with Crippen LogP contribution in [0.5, 0.6) is 11.5 Å². The number of fused-ring (bicyclic) bond motifs is 14. The third-order valence-corrected chi connectivity index (χ3v) is 12.7. The predicted octanol–water partition coefficient (Wildman–Crippen LogP) is 12.4.